The number of benzene rings is 3. The third-order valence-electron chi connectivity index (χ3n) is 9.72. The summed E-state index contributed by atoms with van der Waals surface area (Å²) in [7, 11) is -4.40. The summed E-state index contributed by atoms with van der Waals surface area (Å²) in [6.45, 7) is 6.73. The van der Waals surface area contributed by atoms with Crippen molar-refractivity contribution in [1.29, 1.82) is 0 Å². The minimum absolute atomic E-state index is 0.00648. The van der Waals surface area contributed by atoms with Crippen LogP contribution in [0.5, 0.6) is 0 Å². The quantitative estimate of drug-likeness (QED) is 0.157. The number of carbonyl (C=O) groups excluding carboxylic acids is 4. The zero-order valence-electron chi connectivity index (χ0n) is 30.5. The predicted molar refractivity (Wildman–Crippen MR) is 207 cm³/mol. The predicted octanol–water partition coefficient (Wildman–Crippen LogP) is 6.47. The van der Waals surface area contributed by atoms with Crippen LogP contribution in [0.1, 0.15) is 55.7 Å². The zero-order valence-corrected chi connectivity index (χ0v) is 32.1. The van der Waals surface area contributed by atoms with Gasteiger partial charge in [-0.05, 0) is 91.8 Å². The molecule has 1 aromatic heterocycles. The van der Waals surface area contributed by atoms with Crippen molar-refractivity contribution in [3.8, 4) is 11.3 Å². The van der Waals surface area contributed by atoms with Crippen molar-refractivity contribution >= 4 is 56.8 Å². The number of hydrogen-bond donors (Lipinski definition) is 2. The SMILES string of the molecule is CCCCOC(=O)n1cccc1-c1ccc(CC(NC(=O)CC2C(=O)Nc3ccccc3N2S(=O)(=O)c2c(C)cc(Cl)cc2C)C(=O)N2CCCC2)cc1. The second-order valence-electron chi connectivity index (χ2n) is 13.7. The normalized spacial score (nSPS) is 16.1. The number of para-hydroxylation sites is 2. The fraction of sp³-hybridized carbons (Fsp3) is 0.350. The van der Waals surface area contributed by atoms with Crippen LogP contribution in [-0.2, 0) is 35.6 Å². The lowest BCUT2D eigenvalue weighted by Crippen LogP contribution is -2.55. The highest BCUT2D eigenvalue weighted by atomic mass is 35.5. The molecule has 0 radical (unpaired) electrons. The van der Waals surface area contributed by atoms with Crippen LogP contribution in [-0.4, -0.2) is 73.5 Å². The maximum Gasteiger partial charge on any atom is 0.418 e. The molecule has 284 valence electrons. The molecule has 14 heteroatoms. The Morgan fingerprint density at radius 1 is 0.981 bits per heavy atom. The van der Waals surface area contributed by atoms with Crippen molar-refractivity contribution in [3.05, 3.63) is 101 Å². The van der Waals surface area contributed by atoms with Gasteiger partial charge in [0.05, 0.1) is 35.0 Å². The molecular formula is C40H44ClN5O7S. The Bertz CT molecular complexity index is 2140. The van der Waals surface area contributed by atoms with Gasteiger partial charge in [0.15, 0.2) is 0 Å². The number of fused-ring (bicyclic) bond motifs is 1. The summed E-state index contributed by atoms with van der Waals surface area (Å²) in [5, 5.41) is 5.98. The number of aromatic nitrogens is 1. The molecule has 6 rings (SSSR count). The highest BCUT2D eigenvalue weighted by molar-refractivity contribution is 7.93. The Morgan fingerprint density at radius 3 is 2.35 bits per heavy atom. The second-order valence-corrected chi connectivity index (χ2v) is 15.9. The lowest BCUT2D eigenvalue weighted by atomic mass is 10.0. The zero-order chi connectivity index (χ0) is 38.6. The van der Waals surface area contributed by atoms with Crippen LogP contribution < -0.4 is 14.9 Å². The molecule has 2 aliphatic rings. The van der Waals surface area contributed by atoms with Crippen molar-refractivity contribution in [2.45, 2.75) is 76.3 Å². The van der Waals surface area contributed by atoms with E-state index < -0.39 is 46.4 Å². The van der Waals surface area contributed by atoms with Gasteiger partial charge in [0, 0.05) is 30.7 Å². The molecule has 0 aliphatic carbocycles. The van der Waals surface area contributed by atoms with Gasteiger partial charge in [-0.1, -0.05) is 61.3 Å². The van der Waals surface area contributed by atoms with Crippen LogP contribution in [0.15, 0.2) is 83.9 Å². The molecule has 2 unspecified atom stereocenters. The summed E-state index contributed by atoms with van der Waals surface area (Å²) in [6, 6.07) is 18.1. The molecule has 3 aromatic carbocycles. The Morgan fingerprint density at radius 2 is 1.67 bits per heavy atom. The number of sulfonamides is 1. The average Bonchev–Trinajstić information content (AvgIpc) is 3.85. The molecule has 2 aliphatic heterocycles. The molecule has 12 nitrogen and oxygen atoms in total. The van der Waals surface area contributed by atoms with Crippen LogP contribution >= 0.6 is 11.6 Å². The van der Waals surface area contributed by atoms with Gasteiger partial charge in [0.2, 0.25) is 17.7 Å². The van der Waals surface area contributed by atoms with Crippen LogP contribution in [0, 0.1) is 13.8 Å². The van der Waals surface area contributed by atoms with E-state index in [9.17, 15) is 27.6 Å². The van der Waals surface area contributed by atoms with Crippen molar-refractivity contribution in [2.75, 3.05) is 29.3 Å². The highest BCUT2D eigenvalue weighted by Crippen LogP contribution is 2.39. The van der Waals surface area contributed by atoms with E-state index in [4.69, 9.17) is 16.3 Å². The molecule has 1 saturated heterocycles. The number of nitrogens with zero attached hydrogens (tertiary/aromatic N) is 3. The number of anilines is 2. The van der Waals surface area contributed by atoms with Crippen LogP contribution in [0.4, 0.5) is 16.2 Å². The number of amides is 3. The molecule has 54 heavy (non-hydrogen) atoms. The first-order valence-electron chi connectivity index (χ1n) is 18.1. The fourth-order valence-corrected chi connectivity index (χ4v) is 9.50. The van der Waals surface area contributed by atoms with Gasteiger partial charge in [-0.25, -0.2) is 13.2 Å². The Labute approximate surface area is 320 Å². The minimum atomic E-state index is -4.40. The molecule has 1 fully saturated rings. The number of likely N-dealkylation sites (tertiary alicyclic amines) is 1. The van der Waals surface area contributed by atoms with Gasteiger partial charge in [-0.2, -0.15) is 0 Å². The maximum atomic E-state index is 14.5. The Kier molecular flexibility index (Phi) is 11.8. The summed E-state index contributed by atoms with van der Waals surface area (Å²) >= 11 is 6.23. The minimum Gasteiger partial charge on any atom is -0.449 e. The van der Waals surface area contributed by atoms with Gasteiger partial charge in [-0.15, -0.1) is 0 Å². The number of carbonyl (C=O) groups is 4. The number of ether oxygens (including phenoxy) is 1. The number of unbranched alkanes of at least 4 members (excludes halogenated alkanes) is 1. The molecule has 3 amide bonds. The van der Waals surface area contributed by atoms with E-state index in [0.29, 0.717) is 41.5 Å². The van der Waals surface area contributed by atoms with E-state index in [1.165, 1.54) is 4.57 Å². The average molecular weight is 774 g/mol. The van der Waals surface area contributed by atoms with Gasteiger partial charge in [0.25, 0.3) is 10.0 Å². The number of rotatable bonds is 12. The van der Waals surface area contributed by atoms with Crippen molar-refractivity contribution < 1.29 is 32.3 Å². The molecule has 2 atom stereocenters. The number of aryl methyl sites for hydroxylation is 2. The van der Waals surface area contributed by atoms with Crippen LogP contribution in [0.2, 0.25) is 5.02 Å². The summed E-state index contributed by atoms with van der Waals surface area (Å²) in [5.74, 6) is -1.59. The molecule has 0 bridgehead atoms. The van der Waals surface area contributed by atoms with E-state index in [1.807, 2.05) is 37.3 Å². The van der Waals surface area contributed by atoms with Crippen molar-refractivity contribution in [1.82, 2.24) is 14.8 Å². The van der Waals surface area contributed by atoms with E-state index in [2.05, 4.69) is 10.6 Å². The third-order valence-corrected chi connectivity index (χ3v) is 12.1. The molecular weight excluding hydrogens is 730 g/mol. The molecule has 0 spiro atoms. The van der Waals surface area contributed by atoms with Crippen LogP contribution in [0.3, 0.4) is 0 Å². The standard InChI is InChI=1S/C40H44ClN5O7S/c1-4-5-21-53-40(50)45-20-10-13-33(45)29-16-14-28(15-17-29)24-32(39(49)44-18-8-9-19-44)42-36(47)25-35-38(48)43-31-11-6-7-12-34(31)46(35)54(51,52)37-26(2)22-30(41)23-27(37)3/h6-7,10-17,20,22-23,32,35H,4-5,8-9,18-19,21,24-25H2,1-3H3,(H,42,47)(H,43,48). The van der Waals surface area contributed by atoms with E-state index in [0.717, 1.165) is 41.1 Å². The van der Waals surface area contributed by atoms with Crippen molar-refractivity contribution in [2.24, 2.45) is 0 Å². The van der Waals surface area contributed by atoms with Gasteiger partial charge in [-0.3, -0.25) is 23.3 Å². The first-order chi connectivity index (χ1) is 25.9. The fourth-order valence-electron chi connectivity index (χ4n) is 7.12. The summed E-state index contributed by atoms with van der Waals surface area (Å²) < 4.78 is 36.8. The third kappa shape index (κ3) is 8.17. The maximum absolute atomic E-state index is 14.5. The first-order valence-corrected chi connectivity index (χ1v) is 19.9. The highest BCUT2D eigenvalue weighted by Gasteiger charge is 2.43. The second kappa shape index (κ2) is 16.5. The summed E-state index contributed by atoms with van der Waals surface area (Å²) in [5.41, 5.74) is 3.47. The van der Waals surface area contributed by atoms with Crippen molar-refractivity contribution in [3.63, 3.8) is 0 Å². The number of halogens is 1. The van der Waals surface area contributed by atoms with Crippen LogP contribution in [0.25, 0.3) is 11.3 Å². The smallest absolute Gasteiger partial charge is 0.418 e. The van der Waals surface area contributed by atoms with E-state index in [1.54, 1.807) is 67.4 Å². The van der Waals surface area contributed by atoms with Gasteiger partial charge in [0.1, 0.15) is 12.1 Å². The molecule has 3 heterocycles. The Hall–Kier alpha value is -5.14. The van der Waals surface area contributed by atoms with E-state index in [-0.39, 0.29) is 28.6 Å². The monoisotopic (exact) mass is 773 g/mol. The van der Waals surface area contributed by atoms with Gasteiger partial charge >= 0.3 is 6.09 Å². The molecule has 0 saturated carbocycles. The topological polar surface area (TPSA) is 147 Å². The summed E-state index contributed by atoms with van der Waals surface area (Å²) in [6.07, 6.45) is 4.15. The first kappa shape index (κ1) is 38.6. The lowest BCUT2D eigenvalue weighted by Gasteiger charge is -2.37. The number of nitrogens with one attached hydrogen (secondary N) is 2. The molecule has 4 aromatic rings. The number of hydrogen-bond acceptors (Lipinski definition) is 7. The lowest BCUT2D eigenvalue weighted by molar-refractivity contribution is -0.135. The molecule has 2 N–H and O–H groups in total. The largest absolute Gasteiger partial charge is 0.449 e. The van der Waals surface area contributed by atoms with Gasteiger partial charge < -0.3 is 20.3 Å². The Balaban J connectivity index is 1.25. The summed E-state index contributed by atoms with van der Waals surface area (Å²) in [4.78, 5) is 55.9. The van der Waals surface area contributed by atoms with E-state index >= 15 is 0 Å².